The molecule has 1 fully saturated rings. The molecule has 0 heterocycles. The van der Waals surface area contributed by atoms with E-state index in [2.05, 4.69) is 0 Å². The van der Waals surface area contributed by atoms with Crippen LogP contribution in [0.15, 0.2) is 53.4 Å². The zero-order valence-electron chi connectivity index (χ0n) is 17.2. The van der Waals surface area contributed by atoms with Crippen molar-refractivity contribution in [3.05, 3.63) is 65.2 Å². The molecule has 0 saturated heterocycles. The molecule has 2 aromatic rings. The molecule has 31 heavy (non-hydrogen) atoms. The number of halogens is 3. The Morgan fingerprint density at radius 2 is 1.81 bits per heavy atom. The largest absolute Gasteiger partial charge is 0.416 e. The summed E-state index contributed by atoms with van der Waals surface area (Å²) in [5.41, 5.74) is -0.0732. The number of carbonyl (C=O) groups is 1. The first-order valence-corrected chi connectivity index (χ1v) is 11.5. The molecule has 5 nitrogen and oxygen atoms in total. The fourth-order valence-electron chi connectivity index (χ4n) is 3.41. The van der Waals surface area contributed by atoms with E-state index in [1.54, 1.807) is 17.9 Å². The van der Waals surface area contributed by atoms with E-state index in [0.29, 0.717) is 5.56 Å². The summed E-state index contributed by atoms with van der Waals surface area (Å²) in [6.07, 6.45) is -2.91. The molecule has 1 amide bonds. The highest BCUT2D eigenvalue weighted by molar-refractivity contribution is 7.91. The number of nitrogens with zero attached hydrogens (tertiary/aromatic N) is 1. The zero-order chi connectivity index (χ0) is 22.8. The fraction of sp³-hybridized carbons (Fsp3) is 0.409. The van der Waals surface area contributed by atoms with E-state index < -0.39 is 27.6 Å². The average molecular weight is 455 g/mol. The average Bonchev–Trinajstić information content (AvgIpc) is 3.57. The van der Waals surface area contributed by atoms with Gasteiger partial charge in [0.05, 0.1) is 28.9 Å². The smallest absolute Gasteiger partial charge is 0.384 e. The number of rotatable bonds is 8. The van der Waals surface area contributed by atoms with E-state index in [9.17, 15) is 26.4 Å². The van der Waals surface area contributed by atoms with Gasteiger partial charge in [-0.3, -0.25) is 4.79 Å². The SMILES string of the molecule is COCCS(=O)(=O)c1ccc(C(=O)N(C2CC2)C(C)c2cccc(C(F)(F)F)c2)cc1. The van der Waals surface area contributed by atoms with Crippen molar-refractivity contribution in [2.24, 2.45) is 0 Å². The number of alkyl halides is 3. The third-order valence-corrected chi connectivity index (χ3v) is 7.00. The van der Waals surface area contributed by atoms with Crippen molar-refractivity contribution < 1.29 is 31.1 Å². The highest BCUT2D eigenvalue weighted by atomic mass is 32.2. The topological polar surface area (TPSA) is 63.7 Å². The monoisotopic (exact) mass is 455 g/mol. The maximum Gasteiger partial charge on any atom is 0.416 e. The molecule has 1 unspecified atom stereocenters. The summed E-state index contributed by atoms with van der Waals surface area (Å²) in [6.45, 7) is 1.77. The Bertz CT molecular complexity index is 1030. The normalized spacial score (nSPS) is 15.5. The van der Waals surface area contributed by atoms with Gasteiger partial charge in [-0.25, -0.2) is 8.42 Å². The lowest BCUT2D eigenvalue weighted by Gasteiger charge is -2.30. The van der Waals surface area contributed by atoms with Crippen molar-refractivity contribution in [2.75, 3.05) is 19.5 Å². The van der Waals surface area contributed by atoms with Crippen LogP contribution < -0.4 is 0 Å². The maximum absolute atomic E-state index is 13.2. The van der Waals surface area contributed by atoms with Gasteiger partial charge < -0.3 is 9.64 Å². The van der Waals surface area contributed by atoms with Crippen LogP contribution >= 0.6 is 0 Å². The van der Waals surface area contributed by atoms with Gasteiger partial charge in [0.15, 0.2) is 9.84 Å². The van der Waals surface area contributed by atoms with Crippen LogP contribution in [0, 0.1) is 0 Å². The molecule has 0 spiro atoms. The fourth-order valence-corrected chi connectivity index (χ4v) is 4.58. The predicted molar refractivity (Wildman–Crippen MR) is 109 cm³/mol. The summed E-state index contributed by atoms with van der Waals surface area (Å²) in [7, 11) is -2.11. The number of methoxy groups -OCH3 is 1. The molecule has 1 atom stereocenters. The van der Waals surface area contributed by atoms with Crippen molar-refractivity contribution in [1.82, 2.24) is 4.90 Å². The molecule has 1 aliphatic carbocycles. The summed E-state index contributed by atoms with van der Waals surface area (Å²) in [4.78, 5) is 14.9. The summed E-state index contributed by atoms with van der Waals surface area (Å²) in [5.74, 6) is -0.509. The second kappa shape index (κ2) is 9.00. The molecule has 1 aliphatic rings. The Kier molecular flexibility index (Phi) is 6.76. The lowest BCUT2D eigenvalue weighted by molar-refractivity contribution is -0.137. The van der Waals surface area contributed by atoms with Crippen LogP contribution in [-0.4, -0.2) is 44.7 Å². The van der Waals surface area contributed by atoms with Gasteiger partial charge in [0, 0.05) is 18.7 Å². The first-order valence-electron chi connectivity index (χ1n) is 9.86. The van der Waals surface area contributed by atoms with Gasteiger partial charge in [-0.1, -0.05) is 12.1 Å². The van der Waals surface area contributed by atoms with Crippen LogP contribution in [0.25, 0.3) is 0 Å². The number of amides is 1. The minimum atomic E-state index is -4.46. The molecule has 0 bridgehead atoms. The van der Waals surface area contributed by atoms with Crippen LogP contribution in [-0.2, 0) is 20.8 Å². The minimum absolute atomic E-state index is 0.0536. The van der Waals surface area contributed by atoms with Gasteiger partial charge in [-0.05, 0) is 61.7 Å². The number of carbonyl (C=O) groups excluding carboxylic acids is 1. The first-order chi connectivity index (χ1) is 14.5. The molecule has 168 valence electrons. The highest BCUT2D eigenvalue weighted by Gasteiger charge is 2.38. The summed E-state index contributed by atoms with van der Waals surface area (Å²) < 4.78 is 68.6. The lowest BCUT2D eigenvalue weighted by Crippen LogP contribution is -2.35. The van der Waals surface area contributed by atoms with Crippen molar-refractivity contribution in [3.8, 4) is 0 Å². The number of hydrogen-bond acceptors (Lipinski definition) is 4. The minimum Gasteiger partial charge on any atom is -0.384 e. The molecule has 0 aliphatic heterocycles. The summed E-state index contributed by atoms with van der Waals surface area (Å²) >= 11 is 0. The molecule has 1 saturated carbocycles. The second-order valence-corrected chi connectivity index (χ2v) is 9.69. The second-order valence-electron chi connectivity index (χ2n) is 7.58. The number of benzene rings is 2. The van der Waals surface area contributed by atoms with Crippen molar-refractivity contribution >= 4 is 15.7 Å². The molecule has 0 radical (unpaired) electrons. The van der Waals surface area contributed by atoms with Gasteiger partial charge in [0.25, 0.3) is 5.91 Å². The van der Waals surface area contributed by atoms with Crippen molar-refractivity contribution in [2.45, 2.75) is 42.9 Å². The number of sulfone groups is 1. The van der Waals surface area contributed by atoms with E-state index in [4.69, 9.17) is 4.74 Å². The van der Waals surface area contributed by atoms with E-state index in [0.717, 1.165) is 25.0 Å². The third-order valence-electron chi connectivity index (χ3n) is 5.30. The van der Waals surface area contributed by atoms with E-state index >= 15 is 0 Å². The summed E-state index contributed by atoms with van der Waals surface area (Å²) in [6, 6.07) is 10.00. The Morgan fingerprint density at radius 1 is 1.16 bits per heavy atom. The number of hydrogen-bond donors (Lipinski definition) is 0. The molecule has 0 aromatic heterocycles. The van der Waals surface area contributed by atoms with Crippen LogP contribution in [0.5, 0.6) is 0 Å². The van der Waals surface area contributed by atoms with E-state index in [1.165, 1.54) is 37.4 Å². The van der Waals surface area contributed by atoms with Gasteiger partial charge in [0.2, 0.25) is 0 Å². The van der Waals surface area contributed by atoms with Gasteiger partial charge in [0.1, 0.15) is 0 Å². The number of ether oxygens (including phenoxy) is 1. The van der Waals surface area contributed by atoms with E-state index in [-0.39, 0.29) is 34.8 Å². The van der Waals surface area contributed by atoms with Crippen molar-refractivity contribution in [1.29, 1.82) is 0 Å². The van der Waals surface area contributed by atoms with Crippen LogP contribution in [0.2, 0.25) is 0 Å². The third kappa shape index (κ3) is 5.46. The summed E-state index contributed by atoms with van der Waals surface area (Å²) in [5, 5.41) is 0. The van der Waals surface area contributed by atoms with Gasteiger partial charge in [-0.15, -0.1) is 0 Å². The van der Waals surface area contributed by atoms with Gasteiger partial charge >= 0.3 is 6.18 Å². The Hall–Kier alpha value is -2.39. The van der Waals surface area contributed by atoms with Crippen LogP contribution in [0.3, 0.4) is 0 Å². The maximum atomic E-state index is 13.2. The van der Waals surface area contributed by atoms with Crippen molar-refractivity contribution in [3.63, 3.8) is 0 Å². The molecule has 2 aromatic carbocycles. The standard InChI is InChI=1S/C22H24F3NO4S/c1-15(17-4-3-5-18(14-17)22(23,24)25)26(19-8-9-19)21(27)16-6-10-20(11-7-16)31(28,29)13-12-30-2/h3-7,10-11,14-15,19H,8-9,12-13H2,1-2H3. The lowest BCUT2D eigenvalue weighted by atomic mass is 10.0. The molecular formula is C22H24F3NO4S. The zero-order valence-corrected chi connectivity index (χ0v) is 18.0. The first kappa shape index (κ1) is 23.3. The molecule has 3 rings (SSSR count). The van der Waals surface area contributed by atoms with Crippen LogP contribution in [0.4, 0.5) is 13.2 Å². The van der Waals surface area contributed by atoms with Crippen LogP contribution in [0.1, 0.15) is 47.3 Å². The molecular weight excluding hydrogens is 431 g/mol. The quantitative estimate of drug-likeness (QED) is 0.588. The predicted octanol–water partition coefficient (Wildman–Crippen LogP) is 4.49. The van der Waals surface area contributed by atoms with Gasteiger partial charge in [-0.2, -0.15) is 13.2 Å². The molecule has 9 heteroatoms. The molecule has 0 N–H and O–H groups in total. The Labute approximate surface area is 179 Å². The highest BCUT2D eigenvalue weighted by Crippen LogP contribution is 2.37. The van der Waals surface area contributed by atoms with E-state index in [1.807, 2.05) is 0 Å². The Balaban J connectivity index is 1.85. The Morgan fingerprint density at radius 3 is 2.35 bits per heavy atom.